The quantitative estimate of drug-likeness (QED) is 0.614. The number of aromatic nitrogens is 1. The number of methoxy groups -OCH3 is 1. The number of amides is 1. The Morgan fingerprint density at radius 1 is 0.969 bits per heavy atom. The van der Waals surface area contributed by atoms with E-state index in [0.717, 1.165) is 62.0 Å². The molecule has 0 spiro atoms. The third-order valence-electron chi connectivity index (χ3n) is 5.69. The van der Waals surface area contributed by atoms with E-state index in [1.807, 2.05) is 54.6 Å². The Bertz CT molecular complexity index is 1010. The van der Waals surface area contributed by atoms with Crippen molar-refractivity contribution in [3.05, 3.63) is 84.1 Å². The molecule has 3 aromatic rings. The summed E-state index contributed by atoms with van der Waals surface area (Å²) in [5, 5.41) is 2.94. The number of carbonyl (C=O) groups is 1. The molecule has 166 valence electrons. The molecule has 1 aliphatic rings. The maximum Gasteiger partial charge on any atom is 0.228 e. The van der Waals surface area contributed by atoms with Crippen molar-refractivity contribution in [2.24, 2.45) is 0 Å². The van der Waals surface area contributed by atoms with Gasteiger partial charge in [-0.05, 0) is 41.8 Å². The minimum absolute atomic E-state index is 0.0336. The second kappa shape index (κ2) is 10.8. The molecule has 2 aromatic carbocycles. The Hall–Kier alpha value is -3.38. The molecular weight excluding hydrogens is 400 g/mol. The molecule has 32 heavy (non-hydrogen) atoms. The van der Waals surface area contributed by atoms with Crippen LogP contribution in [0.1, 0.15) is 17.5 Å². The van der Waals surface area contributed by atoms with Crippen LogP contribution in [0.25, 0.3) is 0 Å². The van der Waals surface area contributed by atoms with Gasteiger partial charge in [0.25, 0.3) is 0 Å². The van der Waals surface area contributed by atoms with Gasteiger partial charge in [0, 0.05) is 32.7 Å². The summed E-state index contributed by atoms with van der Waals surface area (Å²) < 4.78 is 5.35. The third-order valence-corrected chi connectivity index (χ3v) is 5.69. The van der Waals surface area contributed by atoms with E-state index >= 15 is 0 Å². The van der Waals surface area contributed by atoms with Crippen LogP contribution in [-0.4, -0.2) is 49.1 Å². The Morgan fingerprint density at radius 3 is 2.59 bits per heavy atom. The van der Waals surface area contributed by atoms with E-state index in [2.05, 4.69) is 32.2 Å². The molecule has 6 heteroatoms. The predicted molar refractivity (Wildman–Crippen MR) is 128 cm³/mol. The standard InChI is InChI=1S/C26H30N4O2/c1-32-24-10-5-9-22(17-24)20-29-13-6-14-30(16-15-29)25-12-11-23(19-27-25)28-26(31)18-21-7-3-2-4-8-21/h2-5,7-12,17,19H,6,13-16,18,20H2,1H3,(H,28,31). The number of hydrogen-bond donors (Lipinski definition) is 1. The molecule has 6 nitrogen and oxygen atoms in total. The van der Waals surface area contributed by atoms with Crippen molar-refractivity contribution in [1.29, 1.82) is 0 Å². The fourth-order valence-electron chi connectivity index (χ4n) is 4.02. The number of nitrogens with one attached hydrogen (secondary N) is 1. The van der Waals surface area contributed by atoms with Gasteiger partial charge in [-0.2, -0.15) is 0 Å². The van der Waals surface area contributed by atoms with Crippen molar-refractivity contribution in [3.63, 3.8) is 0 Å². The molecule has 1 aromatic heterocycles. The van der Waals surface area contributed by atoms with Crippen LogP contribution in [0, 0.1) is 0 Å². The highest BCUT2D eigenvalue weighted by atomic mass is 16.5. The first kappa shape index (κ1) is 21.8. The Morgan fingerprint density at radius 2 is 1.81 bits per heavy atom. The molecule has 1 fully saturated rings. The van der Waals surface area contributed by atoms with Crippen LogP contribution < -0.4 is 15.0 Å². The highest BCUT2D eigenvalue weighted by Crippen LogP contribution is 2.19. The Balaban J connectivity index is 1.29. The predicted octanol–water partition coefficient (Wildman–Crippen LogP) is 3.98. The van der Waals surface area contributed by atoms with Gasteiger partial charge in [-0.15, -0.1) is 0 Å². The van der Waals surface area contributed by atoms with Crippen molar-refractivity contribution in [2.45, 2.75) is 19.4 Å². The molecule has 1 aliphatic heterocycles. The van der Waals surface area contributed by atoms with E-state index in [4.69, 9.17) is 4.74 Å². The van der Waals surface area contributed by atoms with Crippen molar-refractivity contribution < 1.29 is 9.53 Å². The van der Waals surface area contributed by atoms with E-state index in [1.54, 1.807) is 13.3 Å². The molecule has 1 saturated heterocycles. The Labute approximate surface area is 189 Å². The minimum Gasteiger partial charge on any atom is -0.497 e. The van der Waals surface area contributed by atoms with Crippen LogP contribution in [-0.2, 0) is 17.8 Å². The number of nitrogens with zero attached hydrogens (tertiary/aromatic N) is 3. The summed E-state index contributed by atoms with van der Waals surface area (Å²) in [5.41, 5.74) is 2.99. The molecule has 2 heterocycles. The summed E-state index contributed by atoms with van der Waals surface area (Å²) in [6, 6.07) is 22.0. The van der Waals surface area contributed by atoms with Gasteiger partial charge in [-0.1, -0.05) is 42.5 Å². The number of carbonyl (C=O) groups excluding carboxylic acids is 1. The first-order valence-electron chi connectivity index (χ1n) is 11.1. The number of ether oxygens (including phenoxy) is 1. The smallest absolute Gasteiger partial charge is 0.228 e. The van der Waals surface area contributed by atoms with Crippen molar-refractivity contribution in [2.75, 3.05) is 43.5 Å². The monoisotopic (exact) mass is 430 g/mol. The lowest BCUT2D eigenvalue weighted by atomic mass is 10.1. The van der Waals surface area contributed by atoms with Gasteiger partial charge in [-0.3, -0.25) is 9.69 Å². The fraction of sp³-hybridized carbons (Fsp3) is 0.308. The molecule has 0 aliphatic carbocycles. The van der Waals surface area contributed by atoms with E-state index < -0.39 is 0 Å². The van der Waals surface area contributed by atoms with Gasteiger partial charge in [0.15, 0.2) is 0 Å². The number of benzene rings is 2. The molecule has 4 rings (SSSR count). The van der Waals surface area contributed by atoms with Crippen LogP contribution in [0.2, 0.25) is 0 Å². The summed E-state index contributed by atoms with van der Waals surface area (Å²) >= 11 is 0. The number of hydrogen-bond acceptors (Lipinski definition) is 5. The SMILES string of the molecule is COc1cccc(CN2CCCN(c3ccc(NC(=O)Cc4ccccc4)cn3)CC2)c1. The third kappa shape index (κ3) is 6.08. The molecular formula is C26H30N4O2. The van der Waals surface area contributed by atoms with Gasteiger partial charge >= 0.3 is 0 Å². The minimum atomic E-state index is -0.0336. The summed E-state index contributed by atoms with van der Waals surface area (Å²) in [6.45, 7) is 4.86. The second-order valence-electron chi connectivity index (χ2n) is 8.08. The maximum atomic E-state index is 12.3. The summed E-state index contributed by atoms with van der Waals surface area (Å²) in [4.78, 5) is 21.7. The highest BCUT2D eigenvalue weighted by Gasteiger charge is 2.16. The first-order valence-corrected chi connectivity index (χ1v) is 11.1. The van der Waals surface area contributed by atoms with Gasteiger partial charge in [-0.25, -0.2) is 4.98 Å². The van der Waals surface area contributed by atoms with Crippen molar-refractivity contribution in [3.8, 4) is 5.75 Å². The summed E-state index contributed by atoms with van der Waals surface area (Å²) in [7, 11) is 1.70. The zero-order valence-electron chi connectivity index (χ0n) is 18.5. The largest absolute Gasteiger partial charge is 0.497 e. The zero-order chi connectivity index (χ0) is 22.2. The maximum absolute atomic E-state index is 12.3. The van der Waals surface area contributed by atoms with Crippen LogP contribution in [0.15, 0.2) is 72.9 Å². The van der Waals surface area contributed by atoms with Gasteiger partial charge in [0.2, 0.25) is 5.91 Å². The fourth-order valence-corrected chi connectivity index (χ4v) is 4.02. The topological polar surface area (TPSA) is 57.7 Å². The van der Waals surface area contributed by atoms with Crippen LogP contribution >= 0.6 is 0 Å². The summed E-state index contributed by atoms with van der Waals surface area (Å²) in [5.74, 6) is 1.82. The van der Waals surface area contributed by atoms with E-state index in [0.29, 0.717) is 6.42 Å². The molecule has 1 N–H and O–H groups in total. The normalized spacial score (nSPS) is 14.6. The van der Waals surface area contributed by atoms with Crippen LogP contribution in [0.5, 0.6) is 5.75 Å². The second-order valence-corrected chi connectivity index (χ2v) is 8.08. The van der Waals surface area contributed by atoms with Gasteiger partial charge in [0.05, 0.1) is 25.4 Å². The lowest BCUT2D eigenvalue weighted by molar-refractivity contribution is -0.115. The average molecular weight is 431 g/mol. The van der Waals surface area contributed by atoms with E-state index in [-0.39, 0.29) is 5.91 Å². The Kier molecular flexibility index (Phi) is 7.35. The lowest BCUT2D eigenvalue weighted by Crippen LogP contribution is -2.31. The van der Waals surface area contributed by atoms with Gasteiger partial charge < -0.3 is 15.0 Å². The van der Waals surface area contributed by atoms with Gasteiger partial charge in [0.1, 0.15) is 11.6 Å². The van der Waals surface area contributed by atoms with Crippen LogP contribution in [0.4, 0.5) is 11.5 Å². The van der Waals surface area contributed by atoms with Crippen molar-refractivity contribution in [1.82, 2.24) is 9.88 Å². The number of rotatable bonds is 7. The molecule has 0 bridgehead atoms. The van der Waals surface area contributed by atoms with Crippen molar-refractivity contribution >= 4 is 17.4 Å². The first-order chi connectivity index (χ1) is 15.7. The number of pyridine rings is 1. The highest BCUT2D eigenvalue weighted by molar-refractivity contribution is 5.92. The van der Waals surface area contributed by atoms with Crippen LogP contribution in [0.3, 0.4) is 0 Å². The molecule has 0 atom stereocenters. The molecule has 1 amide bonds. The van der Waals surface area contributed by atoms with E-state index in [1.165, 1.54) is 5.56 Å². The average Bonchev–Trinajstić information content (AvgIpc) is 3.06. The molecule has 0 radical (unpaired) electrons. The zero-order valence-corrected chi connectivity index (χ0v) is 18.5. The van der Waals surface area contributed by atoms with E-state index in [9.17, 15) is 4.79 Å². The molecule has 0 saturated carbocycles. The summed E-state index contributed by atoms with van der Waals surface area (Å²) in [6.07, 6.45) is 3.19. The number of anilines is 2. The molecule has 0 unspecified atom stereocenters. The lowest BCUT2D eigenvalue weighted by Gasteiger charge is -2.23.